The third kappa shape index (κ3) is 3.22. The average Bonchev–Trinajstić information content (AvgIpc) is 2.94. The fourth-order valence-corrected chi connectivity index (χ4v) is 3.99. The number of thiophene rings is 1. The first-order chi connectivity index (χ1) is 11.9. The Morgan fingerprint density at radius 3 is 2.64 bits per heavy atom. The lowest BCUT2D eigenvalue weighted by atomic mass is 9.99. The first kappa shape index (κ1) is 17.4. The molecule has 3 aromatic rings. The van der Waals surface area contributed by atoms with Crippen LogP contribution in [0.25, 0.3) is 21.6 Å². The number of nitriles is 1. The summed E-state index contributed by atoms with van der Waals surface area (Å²) in [6, 6.07) is 9.24. The number of halogens is 3. The molecule has 124 valence electrons. The Kier molecular flexibility index (Phi) is 4.73. The largest absolute Gasteiger partial charge is 0.477 e. The number of aromatic nitrogens is 1. The summed E-state index contributed by atoms with van der Waals surface area (Å²) in [7, 11) is 0. The van der Waals surface area contributed by atoms with E-state index in [0.717, 1.165) is 17.4 Å². The third-order valence-corrected chi connectivity index (χ3v) is 5.18. The molecule has 0 bridgehead atoms. The standard InChI is InChI=1S/C17H7Cl2FN2O2S/c18-9-1-2-10(12(19)6-9)14-11(7-21)15(25-16(14)17(23)24)8-3-4-22-13(20)5-8/h1-6H,(H,23,24). The van der Waals surface area contributed by atoms with Gasteiger partial charge in [0.05, 0.1) is 10.4 Å². The average molecular weight is 393 g/mol. The maximum absolute atomic E-state index is 13.4. The maximum atomic E-state index is 13.4. The van der Waals surface area contributed by atoms with E-state index in [4.69, 9.17) is 23.2 Å². The molecule has 2 aromatic heterocycles. The molecule has 0 spiro atoms. The van der Waals surface area contributed by atoms with Gasteiger partial charge in [0, 0.05) is 33.4 Å². The Bertz CT molecular complexity index is 1040. The van der Waals surface area contributed by atoms with Gasteiger partial charge in [-0.15, -0.1) is 11.3 Å². The molecular weight excluding hydrogens is 386 g/mol. The third-order valence-electron chi connectivity index (χ3n) is 3.40. The molecule has 0 radical (unpaired) electrons. The topological polar surface area (TPSA) is 74.0 Å². The number of carboxylic acid groups (broad SMARTS) is 1. The Morgan fingerprint density at radius 2 is 2.04 bits per heavy atom. The van der Waals surface area contributed by atoms with Crippen LogP contribution in [0.2, 0.25) is 10.0 Å². The van der Waals surface area contributed by atoms with Gasteiger partial charge >= 0.3 is 5.97 Å². The van der Waals surface area contributed by atoms with Crippen molar-refractivity contribution in [1.29, 1.82) is 5.26 Å². The Morgan fingerprint density at radius 1 is 1.28 bits per heavy atom. The number of hydrogen-bond acceptors (Lipinski definition) is 4. The van der Waals surface area contributed by atoms with Gasteiger partial charge in [-0.25, -0.2) is 9.78 Å². The zero-order valence-corrected chi connectivity index (χ0v) is 14.6. The molecule has 0 atom stereocenters. The zero-order valence-electron chi connectivity index (χ0n) is 12.3. The lowest BCUT2D eigenvalue weighted by Gasteiger charge is -2.06. The molecule has 3 rings (SSSR count). The highest BCUT2D eigenvalue weighted by Gasteiger charge is 2.26. The first-order valence-corrected chi connectivity index (χ1v) is 8.37. The van der Waals surface area contributed by atoms with Gasteiger partial charge in [0.15, 0.2) is 0 Å². The lowest BCUT2D eigenvalue weighted by Crippen LogP contribution is -1.96. The number of aromatic carboxylic acids is 1. The van der Waals surface area contributed by atoms with Gasteiger partial charge in [-0.3, -0.25) is 0 Å². The molecule has 0 fully saturated rings. The van der Waals surface area contributed by atoms with Crippen LogP contribution in [0.15, 0.2) is 36.5 Å². The van der Waals surface area contributed by atoms with Crippen LogP contribution in [0.4, 0.5) is 4.39 Å². The van der Waals surface area contributed by atoms with Crippen LogP contribution in [-0.4, -0.2) is 16.1 Å². The minimum Gasteiger partial charge on any atom is -0.477 e. The second-order valence-electron chi connectivity index (χ2n) is 4.92. The van der Waals surface area contributed by atoms with E-state index in [0.29, 0.717) is 21.0 Å². The number of nitrogens with zero attached hydrogens (tertiary/aromatic N) is 2. The fourth-order valence-electron chi connectivity index (χ4n) is 2.38. The number of carbonyl (C=O) groups is 1. The van der Waals surface area contributed by atoms with Crippen molar-refractivity contribution < 1.29 is 14.3 Å². The number of carboxylic acids is 1. The molecule has 0 aliphatic rings. The van der Waals surface area contributed by atoms with Crippen LogP contribution in [0.3, 0.4) is 0 Å². The zero-order chi connectivity index (χ0) is 18.1. The second-order valence-corrected chi connectivity index (χ2v) is 6.78. The molecular formula is C17H7Cl2FN2O2S. The molecule has 1 aromatic carbocycles. The van der Waals surface area contributed by atoms with E-state index in [2.05, 4.69) is 4.98 Å². The summed E-state index contributed by atoms with van der Waals surface area (Å²) in [6.45, 7) is 0. The highest BCUT2D eigenvalue weighted by Crippen LogP contribution is 2.44. The summed E-state index contributed by atoms with van der Waals surface area (Å²) < 4.78 is 13.4. The van der Waals surface area contributed by atoms with Gasteiger partial charge < -0.3 is 5.11 Å². The summed E-state index contributed by atoms with van der Waals surface area (Å²) >= 11 is 13.0. The highest BCUT2D eigenvalue weighted by atomic mass is 35.5. The van der Waals surface area contributed by atoms with Crippen LogP contribution < -0.4 is 0 Å². The highest BCUT2D eigenvalue weighted by molar-refractivity contribution is 7.18. The van der Waals surface area contributed by atoms with Gasteiger partial charge in [0.25, 0.3) is 0 Å². The van der Waals surface area contributed by atoms with Crippen molar-refractivity contribution in [3.8, 4) is 27.6 Å². The number of hydrogen-bond donors (Lipinski definition) is 1. The van der Waals surface area contributed by atoms with Crippen molar-refractivity contribution >= 4 is 40.5 Å². The normalized spacial score (nSPS) is 10.5. The summed E-state index contributed by atoms with van der Waals surface area (Å²) in [5.41, 5.74) is 1.04. The van der Waals surface area contributed by atoms with E-state index in [9.17, 15) is 19.6 Å². The van der Waals surface area contributed by atoms with Crippen LogP contribution >= 0.6 is 34.5 Å². The predicted octanol–water partition coefficient (Wildman–Crippen LogP) is 5.49. The van der Waals surface area contributed by atoms with E-state index in [1.165, 1.54) is 18.3 Å². The summed E-state index contributed by atoms with van der Waals surface area (Å²) in [5, 5.41) is 19.8. The van der Waals surface area contributed by atoms with E-state index in [1.54, 1.807) is 12.1 Å². The van der Waals surface area contributed by atoms with Crippen molar-refractivity contribution in [3.63, 3.8) is 0 Å². The second kappa shape index (κ2) is 6.81. The quantitative estimate of drug-likeness (QED) is 0.597. The molecule has 0 saturated carbocycles. The summed E-state index contributed by atoms with van der Waals surface area (Å²) in [4.78, 5) is 15.4. The molecule has 1 N–H and O–H groups in total. The van der Waals surface area contributed by atoms with Crippen LogP contribution in [-0.2, 0) is 0 Å². The lowest BCUT2D eigenvalue weighted by molar-refractivity contribution is 0.0703. The predicted molar refractivity (Wildman–Crippen MR) is 94.6 cm³/mol. The summed E-state index contributed by atoms with van der Waals surface area (Å²) in [5.74, 6) is -1.93. The fraction of sp³-hybridized carbons (Fsp3) is 0. The molecule has 8 heteroatoms. The van der Waals surface area contributed by atoms with Crippen molar-refractivity contribution in [2.75, 3.05) is 0 Å². The number of benzene rings is 1. The summed E-state index contributed by atoms with van der Waals surface area (Å²) in [6.07, 6.45) is 1.25. The van der Waals surface area contributed by atoms with E-state index >= 15 is 0 Å². The first-order valence-electron chi connectivity index (χ1n) is 6.80. The molecule has 25 heavy (non-hydrogen) atoms. The maximum Gasteiger partial charge on any atom is 0.346 e. The van der Waals surface area contributed by atoms with Gasteiger partial charge in [-0.05, 0) is 23.8 Å². The smallest absolute Gasteiger partial charge is 0.346 e. The molecule has 4 nitrogen and oxygen atoms in total. The van der Waals surface area contributed by atoms with Crippen molar-refractivity contribution in [2.24, 2.45) is 0 Å². The number of pyridine rings is 1. The van der Waals surface area contributed by atoms with Gasteiger partial charge in [-0.1, -0.05) is 29.3 Å². The van der Waals surface area contributed by atoms with E-state index < -0.39 is 11.9 Å². The van der Waals surface area contributed by atoms with Gasteiger partial charge in [0.1, 0.15) is 10.9 Å². The molecule has 0 aliphatic heterocycles. The minimum atomic E-state index is -1.21. The van der Waals surface area contributed by atoms with Crippen LogP contribution in [0, 0.1) is 17.3 Å². The SMILES string of the molecule is N#Cc1c(-c2ccnc(F)c2)sc(C(=O)O)c1-c1ccc(Cl)cc1Cl. The van der Waals surface area contributed by atoms with Gasteiger partial charge in [-0.2, -0.15) is 9.65 Å². The Hall–Kier alpha value is -2.46. The van der Waals surface area contributed by atoms with Crippen molar-refractivity contribution in [1.82, 2.24) is 4.98 Å². The van der Waals surface area contributed by atoms with Crippen molar-refractivity contribution in [3.05, 3.63) is 63.0 Å². The monoisotopic (exact) mass is 392 g/mol. The molecule has 0 aliphatic carbocycles. The molecule has 2 heterocycles. The van der Waals surface area contributed by atoms with E-state index in [1.807, 2.05) is 6.07 Å². The van der Waals surface area contributed by atoms with E-state index in [-0.39, 0.29) is 21.0 Å². The Balaban J connectivity index is 2.35. The van der Waals surface area contributed by atoms with Crippen LogP contribution in [0.1, 0.15) is 15.2 Å². The van der Waals surface area contributed by atoms with Crippen LogP contribution in [0.5, 0.6) is 0 Å². The molecule has 0 saturated heterocycles. The molecule has 0 unspecified atom stereocenters. The Labute approximate surface area is 155 Å². The number of rotatable bonds is 3. The molecule has 0 amide bonds. The minimum absolute atomic E-state index is 0.0620. The van der Waals surface area contributed by atoms with Crippen molar-refractivity contribution in [2.45, 2.75) is 0 Å². The van der Waals surface area contributed by atoms with Gasteiger partial charge in [0.2, 0.25) is 5.95 Å².